The van der Waals surface area contributed by atoms with E-state index in [-0.39, 0.29) is 24.9 Å². The molecule has 0 bridgehead atoms. The van der Waals surface area contributed by atoms with Crippen LogP contribution in [0.25, 0.3) is 11.0 Å². The number of benzene rings is 1. The molecule has 2 heterocycles. The Kier molecular flexibility index (Phi) is 5.21. The summed E-state index contributed by atoms with van der Waals surface area (Å²) in [4.78, 5) is 24.2. The molecule has 0 aliphatic heterocycles. The van der Waals surface area contributed by atoms with Gasteiger partial charge in [-0.1, -0.05) is 18.2 Å². The molecular weight excluding hydrogens is 372 g/mol. The number of nitrogens with one attached hydrogen (secondary N) is 2. The van der Waals surface area contributed by atoms with Crippen molar-refractivity contribution >= 4 is 16.9 Å². The summed E-state index contributed by atoms with van der Waals surface area (Å²) in [5, 5.41) is 23.1. The lowest BCUT2D eigenvalue weighted by molar-refractivity contribution is 0.0438. The minimum absolute atomic E-state index is 0.220. The molecule has 0 radical (unpaired) electrons. The van der Waals surface area contributed by atoms with Crippen molar-refractivity contribution in [3.8, 4) is 5.88 Å². The van der Waals surface area contributed by atoms with Crippen LogP contribution >= 0.6 is 0 Å². The number of rotatable bonds is 6. The number of aliphatic hydroxyl groups excluding tert-OH is 2. The number of hydrogen-bond donors (Lipinski definition) is 4. The zero-order chi connectivity index (χ0) is 20.4. The van der Waals surface area contributed by atoms with Crippen molar-refractivity contribution in [2.45, 2.75) is 32.0 Å². The van der Waals surface area contributed by atoms with Crippen LogP contribution in [0.15, 0.2) is 42.5 Å². The highest BCUT2D eigenvalue weighted by molar-refractivity contribution is 5.94. The van der Waals surface area contributed by atoms with Crippen LogP contribution in [0.1, 0.15) is 29.2 Å². The molecule has 8 heteroatoms. The molecule has 2 aromatic heterocycles. The van der Waals surface area contributed by atoms with Gasteiger partial charge >= 0.3 is 0 Å². The fraction of sp³-hybridized carbons (Fsp3) is 0.381. The van der Waals surface area contributed by atoms with Gasteiger partial charge < -0.3 is 25.3 Å². The Bertz CT molecular complexity index is 976. The molecule has 29 heavy (non-hydrogen) atoms. The Balaban J connectivity index is 1.46. The fourth-order valence-corrected chi connectivity index (χ4v) is 3.79. The van der Waals surface area contributed by atoms with E-state index in [1.807, 2.05) is 43.3 Å². The Hall–Kier alpha value is -2.97. The second kappa shape index (κ2) is 7.81. The lowest BCUT2D eigenvalue weighted by Gasteiger charge is -2.28. The van der Waals surface area contributed by atoms with E-state index in [2.05, 4.69) is 20.3 Å². The molecule has 3 aromatic rings. The smallest absolute Gasteiger partial charge is 0.287 e. The lowest BCUT2D eigenvalue weighted by Crippen LogP contribution is -2.41. The maximum atomic E-state index is 12.6. The van der Waals surface area contributed by atoms with Crippen LogP contribution in [-0.2, 0) is 0 Å². The standard InChI is InChI=1S/C21H24N4O4/c1-13-5-4-8-18(23-13)29-12-21(9-16(26)17(27)10-21)11-22-20(28)19-24-14-6-2-3-7-15(14)25-19/h2-8,16-17,26-27H,9-12H2,1H3,(H,22,28)(H,24,25)/t16-,17+,21?. The molecule has 3 atom stereocenters. The molecule has 1 aliphatic carbocycles. The van der Waals surface area contributed by atoms with Gasteiger partial charge in [0.05, 0.1) is 29.8 Å². The van der Waals surface area contributed by atoms with Crippen molar-refractivity contribution in [1.29, 1.82) is 0 Å². The summed E-state index contributed by atoms with van der Waals surface area (Å²) in [5.41, 5.74) is 1.73. The van der Waals surface area contributed by atoms with Gasteiger partial charge in [0.15, 0.2) is 5.82 Å². The third-order valence-corrected chi connectivity index (χ3v) is 5.35. The molecule has 1 fully saturated rings. The number of pyridine rings is 1. The molecule has 1 unspecified atom stereocenters. The van der Waals surface area contributed by atoms with Crippen LogP contribution in [0.2, 0.25) is 0 Å². The first-order chi connectivity index (χ1) is 13.9. The van der Waals surface area contributed by atoms with Gasteiger partial charge in [0.25, 0.3) is 5.91 Å². The molecule has 152 valence electrons. The van der Waals surface area contributed by atoms with E-state index in [1.165, 1.54) is 0 Å². The molecule has 4 rings (SSSR count). The number of aromatic amines is 1. The van der Waals surface area contributed by atoms with Gasteiger partial charge in [0.2, 0.25) is 5.88 Å². The van der Waals surface area contributed by atoms with Crippen LogP contribution < -0.4 is 10.1 Å². The maximum Gasteiger partial charge on any atom is 0.287 e. The van der Waals surface area contributed by atoms with Gasteiger partial charge in [-0.05, 0) is 38.0 Å². The summed E-state index contributed by atoms with van der Waals surface area (Å²) in [6.07, 6.45) is -1.07. The van der Waals surface area contributed by atoms with E-state index in [4.69, 9.17) is 4.74 Å². The van der Waals surface area contributed by atoms with Gasteiger partial charge in [-0.25, -0.2) is 9.97 Å². The highest BCUT2D eigenvalue weighted by atomic mass is 16.5. The number of ether oxygens (including phenoxy) is 1. The number of para-hydroxylation sites is 2. The summed E-state index contributed by atoms with van der Waals surface area (Å²) in [7, 11) is 0. The maximum absolute atomic E-state index is 12.6. The van der Waals surface area contributed by atoms with Crippen molar-refractivity contribution < 1.29 is 19.7 Å². The number of H-pyrrole nitrogens is 1. The Morgan fingerprint density at radius 2 is 1.93 bits per heavy atom. The van der Waals surface area contributed by atoms with Crippen molar-refractivity contribution in [3.05, 3.63) is 54.0 Å². The van der Waals surface area contributed by atoms with Crippen LogP contribution in [-0.4, -0.2) is 56.4 Å². The number of hydrogen-bond acceptors (Lipinski definition) is 6. The first kappa shape index (κ1) is 19.4. The normalized spacial score (nSPS) is 24.0. The summed E-state index contributed by atoms with van der Waals surface area (Å²) < 4.78 is 5.85. The summed E-state index contributed by atoms with van der Waals surface area (Å²) in [6, 6.07) is 12.9. The molecular formula is C21H24N4O4. The van der Waals surface area contributed by atoms with E-state index in [0.29, 0.717) is 24.2 Å². The van der Waals surface area contributed by atoms with E-state index in [1.54, 1.807) is 6.07 Å². The van der Waals surface area contributed by atoms with Crippen LogP contribution in [0.3, 0.4) is 0 Å². The number of aromatic nitrogens is 3. The highest BCUT2D eigenvalue weighted by Crippen LogP contribution is 2.38. The molecule has 0 spiro atoms. The topological polar surface area (TPSA) is 120 Å². The summed E-state index contributed by atoms with van der Waals surface area (Å²) in [6.45, 7) is 2.33. The summed E-state index contributed by atoms with van der Waals surface area (Å²) >= 11 is 0. The minimum Gasteiger partial charge on any atom is -0.477 e. The van der Waals surface area contributed by atoms with E-state index >= 15 is 0 Å². The van der Waals surface area contributed by atoms with Crippen LogP contribution in [0.4, 0.5) is 0 Å². The van der Waals surface area contributed by atoms with Gasteiger partial charge in [-0.3, -0.25) is 4.79 Å². The second-order valence-electron chi connectivity index (χ2n) is 7.73. The Morgan fingerprint density at radius 3 is 2.66 bits per heavy atom. The highest BCUT2D eigenvalue weighted by Gasteiger charge is 2.45. The van der Waals surface area contributed by atoms with Crippen LogP contribution in [0.5, 0.6) is 5.88 Å². The largest absolute Gasteiger partial charge is 0.477 e. The number of imidazole rings is 1. The molecule has 8 nitrogen and oxygen atoms in total. The molecule has 1 amide bonds. The van der Waals surface area contributed by atoms with E-state index in [9.17, 15) is 15.0 Å². The van der Waals surface area contributed by atoms with Crippen molar-refractivity contribution in [1.82, 2.24) is 20.3 Å². The number of aliphatic hydroxyl groups is 2. The van der Waals surface area contributed by atoms with E-state index < -0.39 is 17.6 Å². The minimum atomic E-state index is -0.854. The van der Waals surface area contributed by atoms with Gasteiger partial charge in [-0.15, -0.1) is 0 Å². The van der Waals surface area contributed by atoms with Crippen molar-refractivity contribution in [3.63, 3.8) is 0 Å². The average Bonchev–Trinajstić information content (AvgIpc) is 3.26. The first-order valence-electron chi connectivity index (χ1n) is 9.60. The van der Waals surface area contributed by atoms with Crippen molar-refractivity contribution in [2.24, 2.45) is 5.41 Å². The Labute approximate surface area is 168 Å². The molecule has 0 saturated heterocycles. The van der Waals surface area contributed by atoms with Crippen LogP contribution in [0, 0.1) is 12.3 Å². The first-order valence-corrected chi connectivity index (χ1v) is 9.60. The van der Waals surface area contributed by atoms with Gasteiger partial charge in [0.1, 0.15) is 0 Å². The average molecular weight is 396 g/mol. The second-order valence-corrected chi connectivity index (χ2v) is 7.73. The fourth-order valence-electron chi connectivity index (χ4n) is 3.79. The molecule has 1 aliphatic rings. The predicted molar refractivity (Wildman–Crippen MR) is 107 cm³/mol. The monoisotopic (exact) mass is 396 g/mol. The van der Waals surface area contributed by atoms with Crippen molar-refractivity contribution in [2.75, 3.05) is 13.2 Å². The van der Waals surface area contributed by atoms with Gasteiger partial charge in [0, 0.05) is 23.7 Å². The van der Waals surface area contributed by atoms with E-state index in [0.717, 1.165) is 11.2 Å². The lowest BCUT2D eigenvalue weighted by atomic mass is 9.86. The number of aryl methyl sites for hydroxylation is 1. The number of nitrogens with zero attached hydrogens (tertiary/aromatic N) is 2. The summed E-state index contributed by atoms with van der Waals surface area (Å²) in [5.74, 6) is 0.357. The third kappa shape index (κ3) is 4.23. The number of amides is 1. The predicted octanol–water partition coefficient (Wildman–Crippen LogP) is 1.58. The zero-order valence-electron chi connectivity index (χ0n) is 16.1. The SMILES string of the molecule is Cc1cccc(OCC2(CNC(=O)c3nc4ccccc4[nH]3)C[C@@H](O)[C@@H](O)C2)n1. The zero-order valence-corrected chi connectivity index (χ0v) is 16.1. The Morgan fingerprint density at radius 1 is 1.17 bits per heavy atom. The third-order valence-electron chi connectivity index (χ3n) is 5.35. The molecule has 1 aromatic carbocycles. The molecule has 1 saturated carbocycles. The van der Waals surface area contributed by atoms with Gasteiger partial charge in [-0.2, -0.15) is 0 Å². The molecule has 4 N–H and O–H groups in total. The number of fused-ring (bicyclic) bond motifs is 1. The quantitative estimate of drug-likeness (QED) is 0.502. The number of carbonyl (C=O) groups excluding carboxylic acids is 1. The number of carbonyl (C=O) groups is 1.